The number of benzene rings is 2. The molecule has 1 saturated carbocycles. The predicted octanol–water partition coefficient (Wildman–Crippen LogP) is 5.63. The number of esters is 1. The maximum Gasteiger partial charge on any atom is 0.336 e. The van der Waals surface area contributed by atoms with E-state index in [0.717, 1.165) is 22.6 Å². The number of hydrogen-bond donors (Lipinski definition) is 0. The summed E-state index contributed by atoms with van der Waals surface area (Å²) in [5, 5.41) is 0. The molecule has 2 aliphatic rings. The lowest BCUT2D eigenvalue weighted by Gasteiger charge is -2.38. The fraction of sp³-hybridized carbons (Fsp3) is 0.433. The van der Waals surface area contributed by atoms with E-state index < -0.39 is 17.8 Å². The van der Waals surface area contributed by atoms with E-state index in [-0.39, 0.29) is 17.8 Å². The van der Waals surface area contributed by atoms with E-state index in [1.807, 2.05) is 70.2 Å². The average molecular weight is 506 g/mol. The molecule has 4 rings (SSSR count). The summed E-state index contributed by atoms with van der Waals surface area (Å²) < 4.78 is 22.2. The summed E-state index contributed by atoms with van der Waals surface area (Å²) in [6.45, 7) is 7.84. The van der Waals surface area contributed by atoms with Gasteiger partial charge >= 0.3 is 5.97 Å². The summed E-state index contributed by atoms with van der Waals surface area (Å²) in [7, 11) is 3.21. The molecule has 2 aromatic rings. The molecule has 0 N–H and O–H groups in total. The molecule has 7 nitrogen and oxygen atoms in total. The molecule has 1 heterocycles. The minimum Gasteiger partial charge on any atom is -0.497 e. The summed E-state index contributed by atoms with van der Waals surface area (Å²) >= 11 is 0. The topological polar surface area (TPSA) is 83.4 Å². The van der Waals surface area contributed by atoms with Crippen LogP contribution in [0.1, 0.15) is 63.5 Å². The number of carbonyl (C=O) groups excluding carboxylic acids is 2. The second kappa shape index (κ2) is 11.2. The van der Waals surface area contributed by atoms with Crippen LogP contribution < -0.4 is 14.2 Å². The molecule has 1 fully saturated rings. The van der Waals surface area contributed by atoms with Crippen LogP contribution in [0.5, 0.6) is 17.2 Å². The van der Waals surface area contributed by atoms with Crippen LogP contribution in [0.2, 0.25) is 0 Å². The van der Waals surface area contributed by atoms with Crippen LogP contribution in [0.4, 0.5) is 0 Å². The molecule has 196 valence electrons. The highest BCUT2D eigenvalue weighted by Gasteiger charge is 2.46. The van der Waals surface area contributed by atoms with Crippen molar-refractivity contribution in [2.45, 2.75) is 58.5 Å². The molecule has 0 bridgehead atoms. The number of aliphatic imine (C=N–C) groups is 1. The maximum absolute atomic E-state index is 13.8. The van der Waals surface area contributed by atoms with Crippen molar-refractivity contribution < 1.29 is 28.5 Å². The van der Waals surface area contributed by atoms with E-state index >= 15 is 0 Å². The average Bonchev–Trinajstić information content (AvgIpc) is 2.87. The molecule has 37 heavy (non-hydrogen) atoms. The van der Waals surface area contributed by atoms with E-state index in [1.165, 1.54) is 0 Å². The first-order valence-electron chi connectivity index (χ1n) is 12.7. The first-order chi connectivity index (χ1) is 17.8. The van der Waals surface area contributed by atoms with Crippen molar-refractivity contribution in [2.24, 2.45) is 10.9 Å². The van der Waals surface area contributed by atoms with Gasteiger partial charge in [-0.15, -0.1) is 0 Å². The zero-order valence-electron chi connectivity index (χ0n) is 22.4. The van der Waals surface area contributed by atoms with Gasteiger partial charge in [-0.25, -0.2) is 4.79 Å². The molecule has 2 aromatic carbocycles. The molecule has 1 aliphatic carbocycles. The molecule has 3 atom stereocenters. The molecule has 0 radical (unpaired) electrons. The van der Waals surface area contributed by atoms with Crippen molar-refractivity contribution in [2.75, 3.05) is 20.8 Å². The Labute approximate surface area is 218 Å². The van der Waals surface area contributed by atoms with E-state index in [0.29, 0.717) is 42.2 Å². The van der Waals surface area contributed by atoms with Crippen LogP contribution >= 0.6 is 0 Å². The van der Waals surface area contributed by atoms with Crippen molar-refractivity contribution in [3.63, 3.8) is 0 Å². The third-order valence-corrected chi connectivity index (χ3v) is 6.95. The van der Waals surface area contributed by atoms with Gasteiger partial charge in [-0.3, -0.25) is 9.79 Å². The van der Waals surface area contributed by atoms with Gasteiger partial charge in [0.15, 0.2) is 11.5 Å². The summed E-state index contributed by atoms with van der Waals surface area (Å²) in [6.07, 6.45) is 0.707. The monoisotopic (exact) mass is 505 g/mol. The van der Waals surface area contributed by atoms with Crippen molar-refractivity contribution in [1.82, 2.24) is 0 Å². The zero-order chi connectivity index (χ0) is 26.7. The van der Waals surface area contributed by atoms with Crippen molar-refractivity contribution in [1.29, 1.82) is 0 Å². The van der Waals surface area contributed by atoms with Crippen LogP contribution in [-0.4, -0.2) is 44.4 Å². The Balaban J connectivity index is 1.78. The van der Waals surface area contributed by atoms with Gasteiger partial charge in [-0.1, -0.05) is 18.2 Å². The fourth-order valence-corrected chi connectivity index (χ4v) is 5.34. The van der Waals surface area contributed by atoms with E-state index in [2.05, 4.69) is 0 Å². The molecule has 0 saturated heterocycles. The minimum absolute atomic E-state index is 0.0147. The first kappa shape index (κ1) is 26.5. The number of carbonyl (C=O) groups is 2. The smallest absolute Gasteiger partial charge is 0.336 e. The van der Waals surface area contributed by atoms with Crippen LogP contribution in [0, 0.1) is 5.92 Å². The molecule has 7 heteroatoms. The summed E-state index contributed by atoms with van der Waals surface area (Å²) in [6, 6.07) is 13.4. The normalized spacial score (nSPS) is 21.3. The number of hydrogen-bond acceptors (Lipinski definition) is 7. The Morgan fingerprint density at radius 3 is 2.30 bits per heavy atom. The Morgan fingerprint density at radius 2 is 1.68 bits per heavy atom. The van der Waals surface area contributed by atoms with Crippen LogP contribution in [0.15, 0.2) is 58.7 Å². The number of ketones is 1. The van der Waals surface area contributed by atoms with Gasteiger partial charge in [0.1, 0.15) is 11.5 Å². The number of Topliss-reactive ketones (excluding diaryl/α,β-unsaturated/α-hetero) is 1. The number of fused-ring (bicyclic) bond motifs is 1. The number of allylic oxidation sites excluding steroid dienone is 1. The van der Waals surface area contributed by atoms with Gasteiger partial charge in [0.05, 0.1) is 38.4 Å². The summed E-state index contributed by atoms with van der Waals surface area (Å²) in [5.41, 5.74) is 3.67. The quantitative estimate of drug-likeness (QED) is 0.433. The van der Waals surface area contributed by atoms with Crippen LogP contribution in [0.25, 0.3) is 0 Å². The van der Waals surface area contributed by atoms with Crippen molar-refractivity contribution in [3.05, 3.63) is 64.9 Å². The van der Waals surface area contributed by atoms with Crippen LogP contribution in [0.3, 0.4) is 0 Å². The highest BCUT2D eigenvalue weighted by molar-refractivity contribution is 6.12. The summed E-state index contributed by atoms with van der Waals surface area (Å²) in [4.78, 5) is 32.0. The van der Waals surface area contributed by atoms with Gasteiger partial charge in [0.2, 0.25) is 0 Å². The van der Waals surface area contributed by atoms with Gasteiger partial charge in [-0.2, -0.15) is 0 Å². The number of rotatable bonds is 8. The third-order valence-electron chi connectivity index (χ3n) is 6.95. The minimum atomic E-state index is -0.546. The van der Waals surface area contributed by atoms with E-state index in [9.17, 15) is 9.59 Å². The van der Waals surface area contributed by atoms with Gasteiger partial charge in [0.25, 0.3) is 0 Å². The molecular formula is C30H35NO6. The predicted molar refractivity (Wildman–Crippen MR) is 142 cm³/mol. The van der Waals surface area contributed by atoms with E-state index in [1.54, 1.807) is 14.2 Å². The number of ether oxygens (including phenoxy) is 4. The lowest BCUT2D eigenvalue weighted by molar-refractivity contribution is -0.143. The van der Waals surface area contributed by atoms with Gasteiger partial charge in [-0.05, 0) is 75.4 Å². The number of nitrogens with zero attached hydrogens (tertiary/aromatic N) is 1. The van der Waals surface area contributed by atoms with Crippen molar-refractivity contribution in [3.8, 4) is 17.2 Å². The maximum atomic E-state index is 13.8. The Kier molecular flexibility index (Phi) is 8.00. The summed E-state index contributed by atoms with van der Waals surface area (Å²) in [5.74, 6) is 0.501. The lowest BCUT2D eigenvalue weighted by Crippen LogP contribution is -2.41. The molecule has 1 aliphatic heterocycles. The number of methoxy groups -OCH3 is 2. The standard InChI is InChI=1S/C30H35NO6/c1-7-36-25-13-10-20(16-26(25)35-6)28-27(30(33)37-17(2)3)18(4)31-23-14-21(15-24(32)29(23)28)19-8-11-22(34-5)12-9-19/h8-13,16-17,21,28-29H,7,14-15H2,1-6H3/t21-,28-,29?/m0/s1. The molecule has 1 unspecified atom stereocenters. The van der Waals surface area contributed by atoms with E-state index in [4.69, 9.17) is 23.9 Å². The first-order valence-corrected chi connectivity index (χ1v) is 12.7. The molecule has 0 aromatic heterocycles. The highest BCUT2D eigenvalue weighted by Crippen LogP contribution is 2.47. The largest absolute Gasteiger partial charge is 0.497 e. The SMILES string of the molecule is CCOc1ccc([C@H]2C(C(=O)OC(C)C)=C(C)N=C3C[C@H](c4ccc(OC)cc4)CC(=O)C32)cc1OC. The van der Waals surface area contributed by atoms with Gasteiger partial charge < -0.3 is 18.9 Å². The lowest BCUT2D eigenvalue weighted by atomic mass is 9.66. The Morgan fingerprint density at radius 1 is 0.973 bits per heavy atom. The second-order valence-corrected chi connectivity index (χ2v) is 9.70. The van der Waals surface area contributed by atoms with Crippen molar-refractivity contribution >= 4 is 17.5 Å². The fourth-order valence-electron chi connectivity index (χ4n) is 5.34. The highest BCUT2D eigenvalue weighted by atomic mass is 16.5. The second-order valence-electron chi connectivity index (χ2n) is 9.70. The zero-order valence-corrected chi connectivity index (χ0v) is 22.4. The Hall–Kier alpha value is -3.61. The molecule has 0 spiro atoms. The molecule has 0 amide bonds. The van der Waals surface area contributed by atoms with Gasteiger partial charge in [0, 0.05) is 23.7 Å². The molecular weight excluding hydrogens is 470 g/mol. The third kappa shape index (κ3) is 5.41. The van der Waals surface area contributed by atoms with Crippen LogP contribution in [-0.2, 0) is 14.3 Å². The Bertz CT molecular complexity index is 1230.